The monoisotopic (exact) mass is 304 g/mol. The van der Waals surface area contributed by atoms with Crippen LogP contribution in [0.2, 0.25) is 0 Å². The van der Waals surface area contributed by atoms with Gasteiger partial charge in [-0.05, 0) is 19.9 Å². The third-order valence-corrected chi connectivity index (χ3v) is 4.25. The summed E-state index contributed by atoms with van der Waals surface area (Å²) in [5, 5.41) is 0. The van der Waals surface area contributed by atoms with Crippen molar-refractivity contribution in [1.82, 2.24) is 0 Å². The van der Waals surface area contributed by atoms with Crippen molar-refractivity contribution in [3.8, 4) is 0 Å². The van der Waals surface area contributed by atoms with Gasteiger partial charge in [-0.1, -0.05) is 0 Å². The van der Waals surface area contributed by atoms with Gasteiger partial charge in [-0.3, -0.25) is 0 Å². The second-order valence-corrected chi connectivity index (χ2v) is 5.37. The number of fused-ring (bicyclic) bond motifs is 1. The van der Waals surface area contributed by atoms with Gasteiger partial charge in [-0.15, -0.1) is 0 Å². The average molecular weight is 304 g/mol. The van der Waals surface area contributed by atoms with Crippen LogP contribution in [0.3, 0.4) is 0 Å². The third kappa shape index (κ3) is 2.59. The molecule has 0 aromatic carbocycles. The summed E-state index contributed by atoms with van der Waals surface area (Å²) in [4.78, 5) is 11.6. The average Bonchev–Trinajstić information content (AvgIpc) is 2.48. The predicted molar refractivity (Wildman–Crippen MR) is 70.2 cm³/mol. The minimum absolute atomic E-state index is 0.191. The normalized spacial score (nSPS) is 43.0. The van der Waals surface area contributed by atoms with Gasteiger partial charge in [0.05, 0.1) is 13.2 Å². The van der Waals surface area contributed by atoms with E-state index in [4.69, 9.17) is 18.9 Å². The molecule has 1 saturated heterocycles. The quantitative estimate of drug-likeness (QED) is 0.733. The molecule has 6 nitrogen and oxygen atoms in total. The first-order valence-electron chi connectivity index (χ1n) is 6.69. The molecule has 0 bridgehead atoms. The molecule has 5 atom stereocenters. The molecule has 21 heavy (non-hydrogen) atoms. The molecule has 2 rings (SSSR count). The SMILES string of the molecule is COC(=O)C1=C[C@@H](F)[C@H]2O[C@](C)(OC)[C@@](C)(OC)O[C@@H]2C1. The second-order valence-electron chi connectivity index (χ2n) is 5.37. The highest BCUT2D eigenvalue weighted by molar-refractivity contribution is 5.88. The van der Waals surface area contributed by atoms with Crippen molar-refractivity contribution in [3.05, 3.63) is 11.6 Å². The summed E-state index contributed by atoms with van der Waals surface area (Å²) in [5.41, 5.74) is 0.231. The van der Waals surface area contributed by atoms with E-state index in [1.807, 2.05) is 0 Å². The molecular formula is C14H21FO6. The van der Waals surface area contributed by atoms with E-state index in [2.05, 4.69) is 4.74 Å². The van der Waals surface area contributed by atoms with Crippen LogP contribution < -0.4 is 0 Å². The van der Waals surface area contributed by atoms with Crippen molar-refractivity contribution < 1.29 is 32.9 Å². The molecular weight excluding hydrogens is 283 g/mol. The zero-order chi connectivity index (χ0) is 15.8. The molecule has 0 radical (unpaired) electrons. The van der Waals surface area contributed by atoms with E-state index in [1.54, 1.807) is 13.8 Å². The zero-order valence-corrected chi connectivity index (χ0v) is 12.8. The number of hydrogen-bond acceptors (Lipinski definition) is 6. The molecule has 7 heteroatoms. The van der Waals surface area contributed by atoms with Crippen molar-refractivity contribution in [2.24, 2.45) is 0 Å². The minimum Gasteiger partial charge on any atom is -0.466 e. The number of alkyl halides is 1. The van der Waals surface area contributed by atoms with Gasteiger partial charge in [0.2, 0.25) is 11.6 Å². The van der Waals surface area contributed by atoms with Crippen LogP contribution in [0.15, 0.2) is 11.6 Å². The summed E-state index contributed by atoms with van der Waals surface area (Å²) in [7, 11) is 4.14. The summed E-state index contributed by atoms with van der Waals surface area (Å²) in [6.07, 6.45) is -1.62. The topological polar surface area (TPSA) is 63.2 Å². The Balaban J connectivity index is 2.30. The first-order valence-corrected chi connectivity index (χ1v) is 6.69. The Morgan fingerprint density at radius 1 is 1.24 bits per heavy atom. The third-order valence-electron chi connectivity index (χ3n) is 4.25. The minimum atomic E-state index is -1.49. The maximum atomic E-state index is 14.3. The number of methoxy groups -OCH3 is 3. The number of hydrogen-bond donors (Lipinski definition) is 0. The van der Waals surface area contributed by atoms with Gasteiger partial charge in [0.15, 0.2) is 0 Å². The van der Waals surface area contributed by atoms with Gasteiger partial charge in [-0.25, -0.2) is 9.18 Å². The van der Waals surface area contributed by atoms with E-state index in [-0.39, 0.29) is 12.0 Å². The summed E-state index contributed by atoms with van der Waals surface area (Å²) in [6, 6.07) is 0. The van der Waals surface area contributed by atoms with Gasteiger partial charge in [0.1, 0.15) is 12.3 Å². The molecule has 0 aromatic heterocycles. The molecule has 1 aliphatic heterocycles. The number of carbonyl (C=O) groups is 1. The Morgan fingerprint density at radius 2 is 1.81 bits per heavy atom. The molecule has 0 spiro atoms. The Morgan fingerprint density at radius 3 is 2.33 bits per heavy atom. The lowest BCUT2D eigenvalue weighted by Crippen LogP contribution is -2.67. The van der Waals surface area contributed by atoms with Gasteiger partial charge < -0.3 is 23.7 Å². The Bertz CT molecular complexity index is 453. The van der Waals surface area contributed by atoms with Crippen molar-refractivity contribution >= 4 is 5.97 Å². The van der Waals surface area contributed by atoms with Gasteiger partial charge in [0.25, 0.3) is 0 Å². The zero-order valence-electron chi connectivity index (χ0n) is 12.8. The van der Waals surface area contributed by atoms with Crippen LogP contribution in [0.25, 0.3) is 0 Å². The largest absolute Gasteiger partial charge is 0.466 e. The van der Waals surface area contributed by atoms with E-state index < -0.39 is 35.9 Å². The molecule has 0 amide bonds. The summed E-state index contributed by atoms with van der Waals surface area (Å²) in [5.74, 6) is -3.05. The first-order chi connectivity index (χ1) is 9.80. The van der Waals surface area contributed by atoms with Crippen molar-refractivity contribution in [1.29, 1.82) is 0 Å². The van der Waals surface area contributed by atoms with Crippen LogP contribution in [0.1, 0.15) is 20.3 Å². The number of halogens is 1. The van der Waals surface area contributed by atoms with E-state index in [9.17, 15) is 9.18 Å². The molecule has 0 saturated carbocycles. The summed E-state index contributed by atoms with van der Waals surface area (Å²) < 4.78 is 41.3. The molecule has 0 aromatic rings. The van der Waals surface area contributed by atoms with Crippen molar-refractivity contribution in [2.45, 2.75) is 50.2 Å². The number of carbonyl (C=O) groups excluding carboxylic acids is 1. The number of rotatable bonds is 3. The van der Waals surface area contributed by atoms with E-state index in [0.29, 0.717) is 0 Å². The molecule has 1 aliphatic carbocycles. The maximum absolute atomic E-state index is 14.3. The smallest absolute Gasteiger partial charge is 0.333 e. The second kappa shape index (κ2) is 5.64. The molecule has 0 N–H and O–H groups in total. The fourth-order valence-corrected chi connectivity index (χ4v) is 2.65. The standard InChI is InChI=1S/C14H21FO6/c1-13(18-4)14(2,19-5)21-11-9(15)6-8(12(16)17-3)7-10(11)20-13/h6,9-11H,7H2,1-5H3/t9-,10-,11-,13+,14+/m1/s1. The molecule has 2 aliphatic rings. The lowest BCUT2D eigenvalue weighted by Gasteiger charge is -2.53. The van der Waals surface area contributed by atoms with Crippen LogP contribution in [0, 0.1) is 0 Å². The van der Waals surface area contributed by atoms with Gasteiger partial charge in [0, 0.05) is 26.2 Å². The Labute approximate surface area is 123 Å². The van der Waals surface area contributed by atoms with Crippen LogP contribution in [-0.4, -0.2) is 57.3 Å². The van der Waals surface area contributed by atoms with E-state index in [1.165, 1.54) is 27.4 Å². The van der Waals surface area contributed by atoms with Crippen molar-refractivity contribution in [2.75, 3.05) is 21.3 Å². The lowest BCUT2D eigenvalue weighted by molar-refractivity contribution is -0.451. The molecule has 1 fully saturated rings. The fraction of sp³-hybridized carbons (Fsp3) is 0.786. The number of ether oxygens (including phenoxy) is 5. The van der Waals surface area contributed by atoms with E-state index >= 15 is 0 Å². The van der Waals surface area contributed by atoms with Crippen LogP contribution in [-0.2, 0) is 28.5 Å². The highest BCUT2D eigenvalue weighted by Gasteiger charge is 2.59. The first kappa shape index (κ1) is 16.4. The van der Waals surface area contributed by atoms with Crippen LogP contribution >= 0.6 is 0 Å². The molecule has 1 heterocycles. The predicted octanol–water partition coefficient (Wildman–Crippen LogP) is 1.34. The van der Waals surface area contributed by atoms with Gasteiger partial charge in [-0.2, -0.15) is 0 Å². The number of esters is 1. The van der Waals surface area contributed by atoms with Crippen LogP contribution in [0.5, 0.6) is 0 Å². The van der Waals surface area contributed by atoms with Gasteiger partial charge >= 0.3 is 5.97 Å². The highest BCUT2D eigenvalue weighted by Crippen LogP contribution is 2.43. The Hall–Kier alpha value is -1.02. The van der Waals surface area contributed by atoms with Crippen molar-refractivity contribution in [3.63, 3.8) is 0 Å². The fourth-order valence-electron chi connectivity index (χ4n) is 2.65. The van der Waals surface area contributed by atoms with Crippen LogP contribution in [0.4, 0.5) is 4.39 Å². The maximum Gasteiger partial charge on any atom is 0.333 e. The molecule has 0 unspecified atom stereocenters. The lowest BCUT2D eigenvalue weighted by atomic mass is 9.90. The molecule has 120 valence electrons. The summed E-state index contributed by atoms with van der Waals surface area (Å²) >= 11 is 0. The Kier molecular flexibility index (Phi) is 4.39. The summed E-state index contributed by atoms with van der Waals surface area (Å²) in [6.45, 7) is 3.27. The highest BCUT2D eigenvalue weighted by atomic mass is 19.1. The van der Waals surface area contributed by atoms with E-state index in [0.717, 1.165) is 0 Å².